The average Bonchev–Trinajstić information content (AvgIpc) is 3.19. The van der Waals surface area contributed by atoms with Gasteiger partial charge in [-0.15, -0.1) is 11.3 Å². The zero-order valence-corrected chi connectivity index (χ0v) is 17.2. The number of hydrogen-bond donors (Lipinski definition) is 2. The minimum absolute atomic E-state index is 0.166. The van der Waals surface area contributed by atoms with E-state index in [1.165, 1.54) is 29.5 Å². The van der Waals surface area contributed by atoms with Gasteiger partial charge < -0.3 is 10.3 Å². The van der Waals surface area contributed by atoms with Gasteiger partial charge in [-0.1, -0.05) is 30.3 Å². The monoisotopic (exact) mass is 436 g/mol. The molecular formula is C22H17FN4O3S. The van der Waals surface area contributed by atoms with E-state index in [4.69, 9.17) is 0 Å². The standard InChI is InChI=1S/C22H17FN4O3S/c1-13-25-19(12-31-13)14-6-4-7-16(9-14)26-20(28)17-10-24-22(30)27(21(17)29)11-15-5-2-3-8-18(15)23/h2-10,12H,11H2,1H3,(H,24,30)(H,26,28). The van der Waals surface area contributed by atoms with Gasteiger partial charge in [0.2, 0.25) is 0 Å². The molecule has 0 radical (unpaired) electrons. The number of carbonyl (C=O) groups is 1. The lowest BCUT2D eigenvalue weighted by atomic mass is 10.1. The third-order valence-corrected chi connectivity index (χ3v) is 5.40. The summed E-state index contributed by atoms with van der Waals surface area (Å²) in [7, 11) is 0. The van der Waals surface area contributed by atoms with Crippen molar-refractivity contribution in [2.75, 3.05) is 5.32 Å². The number of halogens is 1. The van der Waals surface area contributed by atoms with E-state index < -0.39 is 23.0 Å². The van der Waals surface area contributed by atoms with E-state index in [1.54, 1.807) is 24.3 Å². The van der Waals surface area contributed by atoms with Crippen LogP contribution >= 0.6 is 11.3 Å². The smallest absolute Gasteiger partial charge is 0.322 e. The summed E-state index contributed by atoms with van der Waals surface area (Å²) in [4.78, 5) is 44.4. The van der Waals surface area contributed by atoms with Crippen LogP contribution in [-0.2, 0) is 6.54 Å². The average molecular weight is 436 g/mol. The largest absolute Gasteiger partial charge is 0.328 e. The fourth-order valence-corrected chi connectivity index (χ4v) is 3.69. The molecule has 2 N–H and O–H groups in total. The molecule has 0 bridgehead atoms. The number of benzene rings is 2. The SMILES string of the molecule is Cc1nc(-c2cccc(NC(=O)c3c[nH]c(=O)n(Cc4ccccc4F)c3=O)c2)cs1. The van der Waals surface area contributed by atoms with Crippen LogP contribution in [0.4, 0.5) is 10.1 Å². The topological polar surface area (TPSA) is 96.8 Å². The maximum atomic E-state index is 14.0. The molecule has 4 rings (SSSR count). The first-order chi connectivity index (χ1) is 14.9. The molecule has 0 saturated heterocycles. The van der Waals surface area contributed by atoms with Crippen LogP contribution in [0.2, 0.25) is 0 Å². The minimum atomic E-state index is -0.809. The van der Waals surface area contributed by atoms with Crippen LogP contribution < -0.4 is 16.6 Å². The highest BCUT2D eigenvalue weighted by molar-refractivity contribution is 7.09. The van der Waals surface area contributed by atoms with Crippen LogP contribution in [0.1, 0.15) is 20.9 Å². The molecule has 2 aromatic carbocycles. The highest BCUT2D eigenvalue weighted by Crippen LogP contribution is 2.24. The number of H-pyrrole nitrogens is 1. The summed E-state index contributed by atoms with van der Waals surface area (Å²) in [5.41, 5.74) is 0.445. The summed E-state index contributed by atoms with van der Waals surface area (Å²) in [6.45, 7) is 1.61. The van der Waals surface area contributed by atoms with Crippen molar-refractivity contribution >= 4 is 22.9 Å². The van der Waals surface area contributed by atoms with Crippen LogP contribution in [-0.4, -0.2) is 20.4 Å². The zero-order chi connectivity index (χ0) is 22.0. The molecule has 0 saturated carbocycles. The summed E-state index contributed by atoms with van der Waals surface area (Å²) >= 11 is 1.52. The fourth-order valence-electron chi connectivity index (χ4n) is 3.07. The Morgan fingerprint density at radius 3 is 2.74 bits per heavy atom. The van der Waals surface area contributed by atoms with Crippen LogP contribution in [0.3, 0.4) is 0 Å². The second kappa shape index (κ2) is 8.49. The number of aromatic nitrogens is 3. The second-order valence-corrected chi connectivity index (χ2v) is 7.84. The van der Waals surface area contributed by atoms with Gasteiger partial charge in [0.1, 0.15) is 11.4 Å². The highest BCUT2D eigenvalue weighted by Gasteiger charge is 2.16. The number of nitrogens with one attached hydrogen (secondary N) is 2. The number of rotatable bonds is 5. The number of thiazole rings is 1. The van der Waals surface area contributed by atoms with Gasteiger partial charge in [-0.25, -0.2) is 14.2 Å². The van der Waals surface area contributed by atoms with Crippen molar-refractivity contribution in [2.24, 2.45) is 0 Å². The van der Waals surface area contributed by atoms with Gasteiger partial charge in [-0.2, -0.15) is 0 Å². The molecule has 1 amide bonds. The maximum Gasteiger partial charge on any atom is 0.328 e. The number of aryl methyl sites for hydroxylation is 1. The molecule has 0 spiro atoms. The van der Waals surface area contributed by atoms with Crippen LogP contribution in [0.15, 0.2) is 69.7 Å². The molecule has 0 fully saturated rings. The van der Waals surface area contributed by atoms with Crippen molar-refractivity contribution in [3.8, 4) is 11.3 Å². The summed E-state index contributed by atoms with van der Waals surface area (Å²) in [6, 6.07) is 12.9. The quantitative estimate of drug-likeness (QED) is 0.501. The Labute approximate surface area is 179 Å². The van der Waals surface area contributed by atoms with Crippen molar-refractivity contribution in [1.29, 1.82) is 0 Å². The highest BCUT2D eigenvalue weighted by atomic mass is 32.1. The molecule has 0 aliphatic heterocycles. The molecule has 0 unspecified atom stereocenters. The Kier molecular flexibility index (Phi) is 5.59. The van der Waals surface area contributed by atoms with E-state index in [1.807, 2.05) is 18.4 Å². The van der Waals surface area contributed by atoms with Crippen molar-refractivity contribution < 1.29 is 9.18 Å². The predicted molar refractivity (Wildman–Crippen MR) is 117 cm³/mol. The molecule has 0 aliphatic rings. The molecular weight excluding hydrogens is 419 g/mol. The van der Waals surface area contributed by atoms with Gasteiger partial charge in [-0.3, -0.25) is 14.2 Å². The summed E-state index contributed by atoms with van der Waals surface area (Å²) in [5.74, 6) is -1.23. The lowest BCUT2D eigenvalue weighted by Crippen LogP contribution is -2.39. The number of amides is 1. The molecule has 9 heteroatoms. The Balaban J connectivity index is 1.62. The molecule has 2 aromatic heterocycles. The van der Waals surface area contributed by atoms with E-state index in [2.05, 4.69) is 15.3 Å². The van der Waals surface area contributed by atoms with E-state index in [9.17, 15) is 18.8 Å². The number of aromatic amines is 1. The Bertz CT molecular complexity index is 1390. The Morgan fingerprint density at radius 1 is 1.19 bits per heavy atom. The third kappa shape index (κ3) is 4.36. The summed E-state index contributed by atoms with van der Waals surface area (Å²) < 4.78 is 14.7. The van der Waals surface area contributed by atoms with Crippen LogP contribution in [0.5, 0.6) is 0 Å². The summed E-state index contributed by atoms with van der Waals surface area (Å²) in [6.07, 6.45) is 1.06. The lowest BCUT2D eigenvalue weighted by molar-refractivity contribution is 0.102. The molecule has 156 valence electrons. The molecule has 7 nitrogen and oxygen atoms in total. The Hall–Kier alpha value is -3.85. The number of hydrogen-bond acceptors (Lipinski definition) is 5. The molecule has 4 aromatic rings. The minimum Gasteiger partial charge on any atom is -0.322 e. The van der Waals surface area contributed by atoms with Crippen LogP contribution in [0.25, 0.3) is 11.3 Å². The van der Waals surface area contributed by atoms with Crippen molar-refractivity contribution in [2.45, 2.75) is 13.5 Å². The second-order valence-electron chi connectivity index (χ2n) is 6.78. The molecule has 0 aliphatic carbocycles. The van der Waals surface area contributed by atoms with Gasteiger partial charge >= 0.3 is 5.69 Å². The van der Waals surface area contributed by atoms with Crippen molar-refractivity contribution in [3.63, 3.8) is 0 Å². The first kappa shape index (κ1) is 20.4. The Morgan fingerprint density at radius 2 is 2.00 bits per heavy atom. The van der Waals surface area contributed by atoms with E-state index in [-0.39, 0.29) is 17.7 Å². The van der Waals surface area contributed by atoms with Gasteiger partial charge in [0.25, 0.3) is 11.5 Å². The first-order valence-corrected chi connectivity index (χ1v) is 10.2. The van der Waals surface area contributed by atoms with Crippen molar-refractivity contribution in [3.05, 3.63) is 103 Å². The normalized spacial score (nSPS) is 10.8. The van der Waals surface area contributed by atoms with E-state index in [0.29, 0.717) is 5.69 Å². The molecule has 2 heterocycles. The summed E-state index contributed by atoms with van der Waals surface area (Å²) in [5, 5.41) is 5.51. The third-order valence-electron chi connectivity index (χ3n) is 4.63. The number of carbonyl (C=O) groups excluding carboxylic acids is 1. The number of nitrogens with zero attached hydrogens (tertiary/aromatic N) is 2. The van der Waals surface area contributed by atoms with Crippen molar-refractivity contribution in [1.82, 2.24) is 14.5 Å². The lowest BCUT2D eigenvalue weighted by Gasteiger charge is -2.09. The van der Waals surface area contributed by atoms with Gasteiger partial charge in [0.05, 0.1) is 17.2 Å². The van der Waals surface area contributed by atoms with E-state index >= 15 is 0 Å². The van der Waals surface area contributed by atoms with Gasteiger partial charge in [0, 0.05) is 28.4 Å². The zero-order valence-electron chi connectivity index (χ0n) is 16.4. The predicted octanol–water partition coefficient (Wildman–Crippen LogP) is 3.41. The maximum absolute atomic E-state index is 14.0. The molecule has 31 heavy (non-hydrogen) atoms. The van der Waals surface area contributed by atoms with Gasteiger partial charge in [-0.05, 0) is 25.1 Å². The van der Waals surface area contributed by atoms with Crippen LogP contribution in [0, 0.1) is 12.7 Å². The first-order valence-electron chi connectivity index (χ1n) is 9.32. The fraction of sp³-hybridized carbons (Fsp3) is 0.0909. The van der Waals surface area contributed by atoms with Gasteiger partial charge in [0.15, 0.2) is 0 Å². The number of anilines is 1. The molecule has 0 atom stereocenters. The van der Waals surface area contributed by atoms with E-state index in [0.717, 1.165) is 27.0 Å².